The summed E-state index contributed by atoms with van der Waals surface area (Å²) in [5.41, 5.74) is 1.34. The SMILES string of the molecule is CCCN(C(=O)NS(=O)(=O)/C=C(\C)c1ccc(C)s1)c1ccc(C(=O)N(C)CCc2cnc[nH]2)cc1F. The number of carbonyl (C=O) groups is 2. The Kier molecular flexibility index (Phi) is 9.22. The van der Waals surface area contributed by atoms with Gasteiger partial charge in [-0.3, -0.25) is 9.69 Å². The highest BCUT2D eigenvalue weighted by Crippen LogP contribution is 2.25. The molecule has 2 N–H and O–H groups in total. The lowest BCUT2D eigenvalue weighted by Gasteiger charge is -2.23. The Morgan fingerprint density at radius 1 is 1.22 bits per heavy atom. The maximum absolute atomic E-state index is 15.1. The number of halogens is 1. The summed E-state index contributed by atoms with van der Waals surface area (Å²) in [6.45, 7) is 5.79. The van der Waals surface area contributed by atoms with Crippen LogP contribution in [0.15, 0.2) is 48.3 Å². The summed E-state index contributed by atoms with van der Waals surface area (Å²) in [4.78, 5) is 36.8. The average molecular weight is 548 g/mol. The molecule has 0 saturated carbocycles. The number of rotatable bonds is 10. The molecule has 0 unspecified atom stereocenters. The van der Waals surface area contributed by atoms with Crippen LogP contribution in [0.3, 0.4) is 0 Å². The van der Waals surface area contributed by atoms with Gasteiger partial charge in [-0.15, -0.1) is 11.3 Å². The van der Waals surface area contributed by atoms with Crippen molar-refractivity contribution in [2.75, 3.05) is 25.0 Å². The number of H-pyrrole nitrogens is 1. The lowest BCUT2D eigenvalue weighted by atomic mass is 10.1. The van der Waals surface area contributed by atoms with Crippen LogP contribution in [0.4, 0.5) is 14.9 Å². The zero-order valence-electron chi connectivity index (χ0n) is 21.1. The minimum Gasteiger partial charge on any atom is -0.348 e. The number of nitrogens with zero attached hydrogens (tertiary/aromatic N) is 3. The van der Waals surface area contributed by atoms with Gasteiger partial charge < -0.3 is 9.88 Å². The molecule has 1 aromatic carbocycles. The molecule has 0 spiro atoms. The first-order valence-electron chi connectivity index (χ1n) is 11.6. The molecule has 0 atom stereocenters. The summed E-state index contributed by atoms with van der Waals surface area (Å²) in [6, 6.07) is 6.48. The molecule has 0 radical (unpaired) electrons. The number of carbonyl (C=O) groups excluding carboxylic acids is 2. The number of likely N-dealkylation sites (N-methyl/N-ethyl adjacent to an activating group) is 1. The minimum absolute atomic E-state index is 0.0719. The zero-order valence-corrected chi connectivity index (χ0v) is 22.7. The van der Waals surface area contributed by atoms with E-state index in [1.807, 2.05) is 17.7 Å². The largest absolute Gasteiger partial charge is 0.348 e. The lowest BCUT2D eigenvalue weighted by molar-refractivity contribution is 0.0796. The van der Waals surface area contributed by atoms with Gasteiger partial charge in [0.15, 0.2) is 0 Å². The van der Waals surface area contributed by atoms with Gasteiger partial charge in [0.05, 0.1) is 17.4 Å². The van der Waals surface area contributed by atoms with Gasteiger partial charge in [0.25, 0.3) is 15.9 Å². The molecule has 3 rings (SSSR count). The first-order valence-corrected chi connectivity index (χ1v) is 14.0. The number of nitrogens with one attached hydrogen (secondary N) is 2. The van der Waals surface area contributed by atoms with Gasteiger partial charge in [-0.2, -0.15) is 0 Å². The van der Waals surface area contributed by atoms with E-state index < -0.39 is 21.9 Å². The fourth-order valence-electron chi connectivity index (χ4n) is 3.59. The van der Waals surface area contributed by atoms with Crippen LogP contribution in [0.1, 0.15) is 46.1 Å². The quantitative estimate of drug-likeness (QED) is 0.386. The van der Waals surface area contributed by atoms with Gasteiger partial charge in [0.2, 0.25) is 0 Å². The van der Waals surface area contributed by atoms with Crippen molar-refractivity contribution in [3.63, 3.8) is 0 Å². The topological polar surface area (TPSA) is 115 Å². The summed E-state index contributed by atoms with van der Waals surface area (Å²) >= 11 is 1.44. The molecular weight excluding hydrogens is 517 g/mol. The zero-order chi connectivity index (χ0) is 27.2. The predicted molar refractivity (Wildman–Crippen MR) is 143 cm³/mol. The molecule has 0 bridgehead atoms. The third-order valence-electron chi connectivity index (χ3n) is 5.49. The summed E-state index contributed by atoms with van der Waals surface area (Å²) < 4.78 is 42.4. The van der Waals surface area contributed by atoms with Gasteiger partial charge >= 0.3 is 6.03 Å². The van der Waals surface area contributed by atoms with Crippen molar-refractivity contribution in [2.24, 2.45) is 0 Å². The highest BCUT2D eigenvalue weighted by Gasteiger charge is 2.24. The third kappa shape index (κ3) is 7.49. The van der Waals surface area contributed by atoms with E-state index in [-0.39, 0.29) is 23.7 Å². The standard InChI is InChI=1S/C25H30FN5O4S2/c1-5-11-31(25(33)29-37(34,35)15-17(2)23-9-6-18(3)36-23)22-8-7-19(13-21(22)26)24(32)30(4)12-10-20-14-27-16-28-20/h6-9,13-16H,5,10-12H2,1-4H3,(H,27,28)(H,29,33)/b17-15+. The molecule has 0 aliphatic heterocycles. The molecule has 37 heavy (non-hydrogen) atoms. The summed E-state index contributed by atoms with van der Waals surface area (Å²) in [7, 11) is -2.54. The summed E-state index contributed by atoms with van der Waals surface area (Å²) in [6.07, 6.45) is 4.23. The number of hydrogen-bond donors (Lipinski definition) is 2. The van der Waals surface area contributed by atoms with Crippen LogP contribution in [0.5, 0.6) is 0 Å². The van der Waals surface area contributed by atoms with Gasteiger partial charge in [0.1, 0.15) is 5.82 Å². The Hall–Kier alpha value is -3.51. The molecule has 0 saturated heterocycles. The van der Waals surface area contributed by atoms with Crippen molar-refractivity contribution in [3.8, 4) is 0 Å². The first-order chi connectivity index (χ1) is 17.5. The molecule has 198 valence electrons. The number of aromatic amines is 1. The summed E-state index contributed by atoms with van der Waals surface area (Å²) in [5, 5.41) is 0.984. The van der Waals surface area contributed by atoms with Crippen molar-refractivity contribution in [3.05, 3.63) is 75.1 Å². The van der Waals surface area contributed by atoms with Gasteiger partial charge in [0, 0.05) is 53.8 Å². The van der Waals surface area contributed by atoms with E-state index >= 15 is 4.39 Å². The maximum atomic E-state index is 15.1. The van der Waals surface area contributed by atoms with E-state index in [0.717, 1.165) is 31.8 Å². The van der Waals surface area contributed by atoms with Crippen LogP contribution in [0.2, 0.25) is 0 Å². The molecule has 3 aromatic rings. The van der Waals surface area contributed by atoms with E-state index in [1.54, 1.807) is 39.5 Å². The Morgan fingerprint density at radius 3 is 2.57 bits per heavy atom. The van der Waals surface area contributed by atoms with Crippen molar-refractivity contribution in [1.29, 1.82) is 0 Å². The van der Waals surface area contributed by atoms with Gasteiger partial charge in [-0.25, -0.2) is 27.3 Å². The fourth-order valence-corrected chi connectivity index (χ4v) is 5.51. The highest BCUT2D eigenvalue weighted by molar-refractivity contribution is 7.93. The van der Waals surface area contributed by atoms with Crippen LogP contribution in [0, 0.1) is 12.7 Å². The second-order valence-electron chi connectivity index (χ2n) is 8.53. The molecule has 3 amide bonds. The number of urea groups is 1. The van der Waals surface area contributed by atoms with Crippen LogP contribution < -0.4 is 9.62 Å². The van der Waals surface area contributed by atoms with E-state index in [4.69, 9.17) is 0 Å². The van der Waals surface area contributed by atoms with Gasteiger partial charge in [-0.1, -0.05) is 6.92 Å². The second kappa shape index (κ2) is 12.2. The molecule has 2 heterocycles. The van der Waals surface area contributed by atoms with E-state index in [1.165, 1.54) is 28.4 Å². The number of amides is 3. The smallest absolute Gasteiger partial charge is 0.335 e. The first kappa shape index (κ1) is 28.1. The van der Waals surface area contributed by atoms with Crippen molar-refractivity contribution >= 4 is 44.6 Å². The molecule has 2 aromatic heterocycles. The number of hydrogen-bond acceptors (Lipinski definition) is 6. The monoisotopic (exact) mass is 547 g/mol. The molecule has 9 nitrogen and oxygen atoms in total. The number of imidazole rings is 1. The van der Waals surface area contributed by atoms with Crippen molar-refractivity contribution < 1.29 is 22.4 Å². The summed E-state index contributed by atoms with van der Waals surface area (Å²) in [5.74, 6) is -1.20. The Labute approximate surface area is 220 Å². The third-order valence-corrected chi connectivity index (χ3v) is 7.75. The number of allylic oxidation sites excluding steroid dienone is 1. The fraction of sp³-hybridized carbons (Fsp3) is 0.320. The number of aryl methyl sites for hydroxylation is 1. The minimum atomic E-state index is -4.15. The predicted octanol–water partition coefficient (Wildman–Crippen LogP) is 4.55. The van der Waals surface area contributed by atoms with E-state index in [2.05, 4.69) is 9.97 Å². The molecule has 0 aliphatic rings. The van der Waals surface area contributed by atoms with Crippen LogP contribution >= 0.6 is 11.3 Å². The molecule has 12 heteroatoms. The van der Waals surface area contributed by atoms with Crippen LogP contribution in [0.25, 0.3) is 5.57 Å². The Balaban J connectivity index is 1.74. The number of thiophene rings is 1. The van der Waals surface area contributed by atoms with Gasteiger partial charge in [-0.05, 0) is 56.2 Å². The van der Waals surface area contributed by atoms with Crippen LogP contribution in [-0.4, -0.2) is 55.4 Å². The lowest BCUT2D eigenvalue weighted by Crippen LogP contribution is -2.43. The number of aromatic nitrogens is 2. The number of sulfonamides is 1. The Bertz CT molecular complexity index is 1380. The van der Waals surface area contributed by atoms with Crippen molar-refractivity contribution in [1.82, 2.24) is 19.6 Å². The normalized spacial score (nSPS) is 11.9. The van der Waals surface area contributed by atoms with Crippen molar-refractivity contribution in [2.45, 2.75) is 33.6 Å². The number of anilines is 1. The second-order valence-corrected chi connectivity index (χ2v) is 11.4. The van der Waals surface area contributed by atoms with E-state index in [0.29, 0.717) is 25.0 Å². The maximum Gasteiger partial charge on any atom is 0.335 e. The van der Waals surface area contributed by atoms with Crippen LogP contribution in [-0.2, 0) is 16.4 Å². The Morgan fingerprint density at radius 2 is 1.97 bits per heavy atom. The molecule has 0 aliphatic carbocycles. The molecule has 0 fully saturated rings. The average Bonchev–Trinajstić information content (AvgIpc) is 3.52. The highest BCUT2D eigenvalue weighted by atomic mass is 32.2. The molecular formula is C25H30FN5O4S2. The van der Waals surface area contributed by atoms with E-state index in [9.17, 15) is 18.0 Å². The number of benzene rings is 1.